The fourth-order valence-corrected chi connectivity index (χ4v) is 3.09. The third-order valence-corrected chi connectivity index (χ3v) is 4.68. The summed E-state index contributed by atoms with van der Waals surface area (Å²) in [4.78, 5) is 14.6. The zero-order valence-corrected chi connectivity index (χ0v) is 15.1. The van der Waals surface area contributed by atoms with Crippen LogP contribution in [0, 0.1) is 5.92 Å². The maximum atomic E-state index is 12.2. The number of aromatic nitrogens is 1. The van der Waals surface area contributed by atoms with Gasteiger partial charge in [0.05, 0.1) is 18.8 Å². The van der Waals surface area contributed by atoms with Gasteiger partial charge in [-0.1, -0.05) is 25.4 Å². The number of carbonyl (C=O) groups is 1. The van der Waals surface area contributed by atoms with Crippen LogP contribution in [0.25, 0.3) is 0 Å². The van der Waals surface area contributed by atoms with E-state index in [1.807, 2.05) is 12.1 Å². The second kappa shape index (κ2) is 8.34. The Hall–Kier alpha value is -2.08. The van der Waals surface area contributed by atoms with E-state index in [-0.39, 0.29) is 5.91 Å². The molecule has 1 aliphatic heterocycles. The molecule has 3 rings (SSSR count). The van der Waals surface area contributed by atoms with Crippen LogP contribution in [0.1, 0.15) is 60.9 Å². The summed E-state index contributed by atoms with van der Waals surface area (Å²) in [5.74, 6) is 2.42. The van der Waals surface area contributed by atoms with Crippen molar-refractivity contribution in [1.82, 2.24) is 15.4 Å². The molecule has 0 unspecified atom stereocenters. The van der Waals surface area contributed by atoms with Gasteiger partial charge in [-0.05, 0) is 50.4 Å². The summed E-state index contributed by atoms with van der Waals surface area (Å²) in [5.41, 5.74) is 0.919. The molecule has 3 heterocycles. The van der Waals surface area contributed by atoms with Crippen LogP contribution in [0.3, 0.4) is 0 Å². The number of hydrogen-bond acceptors (Lipinski definition) is 5. The smallest absolute Gasteiger partial charge is 0.287 e. The Morgan fingerprint density at radius 2 is 2.12 bits per heavy atom. The number of hydrogen-bond donors (Lipinski definition) is 1. The van der Waals surface area contributed by atoms with Crippen LogP contribution in [0.2, 0.25) is 0 Å². The van der Waals surface area contributed by atoms with Crippen LogP contribution in [-0.2, 0) is 19.5 Å². The summed E-state index contributed by atoms with van der Waals surface area (Å²) in [6.07, 6.45) is 4.36. The molecule has 0 radical (unpaired) electrons. The van der Waals surface area contributed by atoms with E-state index in [0.29, 0.717) is 18.1 Å². The summed E-state index contributed by atoms with van der Waals surface area (Å²) in [6.45, 7) is 7.66. The molecule has 1 fully saturated rings. The minimum absolute atomic E-state index is 0.230. The van der Waals surface area contributed by atoms with E-state index in [1.54, 1.807) is 6.07 Å². The Morgan fingerprint density at radius 1 is 1.32 bits per heavy atom. The van der Waals surface area contributed by atoms with Crippen molar-refractivity contribution >= 4 is 5.91 Å². The number of piperidine rings is 1. The van der Waals surface area contributed by atoms with Crippen molar-refractivity contribution < 1.29 is 13.7 Å². The van der Waals surface area contributed by atoms with Gasteiger partial charge in [0.2, 0.25) is 0 Å². The van der Waals surface area contributed by atoms with Crippen molar-refractivity contribution in [3.63, 3.8) is 0 Å². The molecule has 6 nitrogen and oxygen atoms in total. The highest BCUT2D eigenvalue weighted by Crippen LogP contribution is 2.19. The van der Waals surface area contributed by atoms with Gasteiger partial charge in [0, 0.05) is 6.07 Å². The minimum Gasteiger partial charge on any atom is -0.455 e. The summed E-state index contributed by atoms with van der Waals surface area (Å²) in [6, 6.07) is 5.51. The van der Waals surface area contributed by atoms with Crippen LogP contribution in [-0.4, -0.2) is 29.1 Å². The molecule has 0 aromatic carbocycles. The van der Waals surface area contributed by atoms with Crippen molar-refractivity contribution in [3.8, 4) is 0 Å². The van der Waals surface area contributed by atoms with Crippen molar-refractivity contribution in [1.29, 1.82) is 0 Å². The van der Waals surface area contributed by atoms with E-state index in [1.165, 1.54) is 12.8 Å². The number of likely N-dealkylation sites (tertiary alicyclic amines) is 1. The molecule has 1 saturated heterocycles. The minimum atomic E-state index is -0.230. The van der Waals surface area contributed by atoms with Gasteiger partial charge in [-0.2, -0.15) is 0 Å². The molecule has 0 aliphatic carbocycles. The van der Waals surface area contributed by atoms with Gasteiger partial charge in [-0.3, -0.25) is 9.69 Å². The van der Waals surface area contributed by atoms with Crippen LogP contribution >= 0.6 is 0 Å². The van der Waals surface area contributed by atoms with Gasteiger partial charge in [-0.15, -0.1) is 0 Å². The summed E-state index contributed by atoms with van der Waals surface area (Å²) < 4.78 is 10.9. The highest BCUT2D eigenvalue weighted by Gasteiger charge is 2.18. The number of carbonyl (C=O) groups excluding carboxylic acids is 1. The second-order valence-electron chi connectivity index (χ2n) is 6.94. The number of amides is 1. The third kappa shape index (κ3) is 4.95. The van der Waals surface area contributed by atoms with Crippen molar-refractivity contribution in [2.24, 2.45) is 5.92 Å². The number of nitrogens with zero attached hydrogens (tertiary/aromatic N) is 2. The van der Waals surface area contributed by atoms with Crippen LogP contribution in [0.4, 0.5) is 0 Å². The first-order valence-corrected chi connectivity index (χ1v) is 9.17. The lowest BCUT2D eigenvalue weighted by molar-refractivity contribution is 0.0914. The zero-order chi connectivity index (χ0) is 17.6. The Labute approximate surface area is 148 Å². The lowest BCUT2D eigenvalue weighted by Gasteiger charge is -2.29. The molecule has 1 amide bonds. The normalized spacial score (nSPS) is 16.2. The molecule has 2 aromatic rings. The van der Waals surface area contributed by atoms with E-state index < -0.39 is 0 Å². The SMILES string of the molecule is CCCc1cc(CNC(=O)c2ccc(CN3CCC(C)CC3)o2)on1. The standard InChI is InChI=1S/C19H27N3O3/c1-3-4-15-11-17(25-21-15)12-20-19(23)18-6-5-16(24-18)13-22-9-7-14(2)8-10-22/h5-6,11,14H,3-4,7-10,12-13H2,1-2H3,(H,20,23). The first kappa shape index (κ1) is 17.7. The number of aryl methyl sites for hydroxylation is 1. The highest BCUT2D eigenvalue weighted by molar-refractivity contribution is 5.91. The van der Waals surface area contributed by atoms with Gasteiger partial charge in [0.1, 0.15) is 5.76 Å². The Bertz CT molecular complexity index is 684. The van der Waals surface area contributed by atoms with E-state index >= 15 is 0 Å². The first-order chi connectivity index (χ1) is 12.1. The quantitative estimate of drug-likeness (QED) is 0.833. The molecule has 1 N–H and O–H groups in total. The lowest BCUT2D eigenvalue weighted by atomic mass is 9.99. The predicted molar refractivity (Wildman–Crippen MR) is 94.1 cm³/mol. The topological polar surface area (TPSA) is 71.5 Å². The van der Waals surface area contributed by atoms with Gasteiger partial charge in [0.25, 0.3) is 5.91 Å². The largest absolute Gasteiger partial charge is 0.455 e. The monoisotopic (exact) mass is 345 g/mol. The van der Waals surface area contributed by atoms with Crippen LogP contribution in [0.15, 0.2) is 27.1 Å². The summed E-state index contributed by atoms with van der Waals surface area (Å²) >= 11 is 0. The fourth-order valence-electron chi connectivity index (χ4n) is 3.09. The Balaban J connectivity index is 1.48. The molecule has 0 atom stereocenters. The van der Waals surface area contributed by atoms with Gasteiger partial charge >= 0.3 is 0 Å². The van der Waals surface area contributed by atoms with E-state index in [9.17, 15) is 4.79 Å². The molecule has 0 bridgehead atoms. The third-order valence-electron chi connectivity index (χ3n) is 4.68. The van der Waals surface area contributed by atoms with Crippen LogP contribution < -0.4 is 5.32 Å². The average molecular weight is 345 g/mol. The van der Waals surface area contributed by atoms with Gasteiger partial charge < -0.3 is 14.3 Å². The van der Waals surface area contributed by atoms with Crippen LogP contribution in [0.5, 0.6) is 0 Å². The molecule has 136 valence electrons. The molecule has 2 aromatic heterocycles. The molecule has 6 heteroatoms. The maximum Gasteiger partial charge on any atom is 0.287 e. The number of nitrogens with one attached hydrogen (secondary N) is 1. The predicted octanol–water partition coefficient (Wildman–Crippen LogP) is 3.38. The van der Waals surface area contributed by atoms with Gasteiger partial charge in [0.15, 0.2) is 11.5 Å². The number of furan rings is 1. The van der Waals surface area contributed by atoms with Gasteiger partial charge in [-0.25, -0.2) is 0 Å². The molecular weight excluding hydrogens is 318 g/mol. The molecule has 25 heavy (non-hydrogen) atoms. The van der Waals surface area contributed by atoms with E-state index in [2.05, 4.69) is 29.2 Å². The van der Waals surface area contributed by atoms with Crippen molar-refractivity contribution in [2.45, 2.75) is 52.6 Å². The Morgan fingerprint density at radius 3 is 2.88 bits per heavy atom. The second-order valence-corrected chi connectivity index (χ2v) is 6.94. The lowest BCUT2D eigenvalue weighted by Crippen LogP contribution is -2.32. The molecular formula is C19H27N3O3. The fraction of sp³-hybridized carbons (Fsp3) is 0.579. The van der Waals surface area contributed by atoms with Crippen molar-refractivity contribution in [3.05, 3.63) is 41.2 Å². The zero-order valence-electron chi connectivity index (χ0n) is 15.1. The number of rotatable bonds is 7. The highest BCUT2D eigenvalue weighted by atomic mass is 16.5. The first-order valence-electron chi connectivity index (χ1n) is 9.17. The maximum absolute atomic E-state index is 12.2. The van der Waals surface area contributed by atoms with Crippen molar-refractivity contribution in [2.75, 3.05) is 13.1 Å². The van der Waals surface area contributed by atoms with E-state index in [0.717, 1.165) is 49.8 Å². The summed E-state index contributed by atoms with van der Waals surface area (Å²) in [5, 5.41) is 6.79. The average Bonchev–Trinajstić information content (AvgIpc) is 3.25. The molecule has 0 saturated carbocycles. The molecule has 0 spiro atoms. The molecule has 1 aliphatic rings. The summed E-state index contributed by atoms with van der Waals surface area (Å²) in [7, 11) is 0. The Kier molecular flexibility index (Phi) is 5.91. The van der Waals surface area contributed by atoms with E-state index in [4.69, 9.17) is 8.94 Å².